The van der Waals surface area contributed by atoms with Crippen molar-refractivity contribution in [1.29, 1.82) is 0 Å². The van der Waals surface area contributed by atoms with Crippen molar-refractivity contribution < 1.29 is 4.79 Å². The zero-order valence-corrected chi connectivity index (χ0v) is 15.9. The highest BCUT2D eigenvalue weighted by atomic mass is 16.2. The van der Waals surface area contributed by atoms with Crippen LogP contribution in [0.25, 0.3) is 10.9 Å². The van der Waals surface area contributed by atoms with Crippen molar-refractivity contribution in [3.63, 3.8) is 0 Å². The van der Waals surface area contributed by atoms with E-state index in [0.29, 0.717) is 18.8 Å². The standard InChI is InChI=1S/C20H24N6O/c1-24(2)17-12-16(23-15-7-5-4-6-14(15)17)20(27)26-11-8-21-13-18(26)19-22-9-10-25(19)3/h4-7,9-10,12,18,21H,8,11,13H2,1-3H3. The third-order valence-corrected chi connectivity index (χ3v) is 5.06. The minimum Gasteiger partial charge on any atom is -0.377 e. The summed E-state index contributed by atoms with van der Waals surface area (Å²) in [5.41, 5.74) is 2.29. The molecule has 140 valence electrons. The molecule has 0 bridgehead atoms. The molecule has 1 fully saturated rings. The number of carbonyl (C=O) groups excluding carboxylic acids is 1. The summed E-state index contributed by atoms with van der Waals surface area (Å²) in [6.45, 7) is 2.08. The Kier molecular flexibility index (Phi) is 4.53. The first-order chi connectivity index (χ1) is 13.1. The molecule has 1 amide bonds. The van der Waals surface area contributed by atoms with Crippen LogP contribution in [0.2, 0.25) is 0 Å². The van der Waals surface area contributed by atoms with E-state index < -0.39 is 0 Å². The lowest BCUT2D eigenvalue weighted by Gasteiger charge is -2.35. The molecule has 0 aliphatic carbocycles. The van der Waals surface area contributed by atoms with Gasteiger partial charge in [0.05, 0.1) is 5.52 Å². The molecule has 1 atom stereocenters. The quantitative estimate of drug-likeness (QED) is 0.768. The van der Waals surface area contributed by atoms with E-state index in [-0.39, 0.29) is 11.9 Å². The molecular weight excluding hydrogens is 340 g/mol. The number of nitrogens with zero attached hydrogens (tertiary/aromatic N) is 5. The second kappa shape index (κ2) is 7.00. The number of aromatic nitrogens is 3. The Bertz CT molecular complexity index is 980. The van der Waals surface area contributed by atoms with Crippen LogP contribution in [0.5, 0.6) is 0 Å². The zero-order chi connectivity index (χ0) is 19.0. The number of anilines is 1. The number of benzene rings is 1. The zero-order valence-electron chi connectivity index (χ0n) is 15.9. The van der Waals surface area contributed by atoms with Gasteiger partial charge >= 0.3 is 0 Å². The number of para-hydroxylation sites is 1. The van der Waals surface area contributed by atoms with Gasteiger partial charge < -0.3 is 19.7 Å². The maximum Gasteiger partial charge on any atom is 0.273 e. The van der Waals surface area contributed by atoms with Crippen molar-refractivity contribution in [3.05, 3.63) is 54.2 Å². The Morgan fingerprint density at radius 1 is 1.30 bits per heavy atom. The number of amides is 1. The van der Waals surface area contributed by atoms with Crippen LogP contribution < -0.4 is 10.2 Å². The third-order valence-electron chi connectivity index (χ3n) is 5.06. The summed E-state index contributed by atoms with van der Waals surface area (Å²) in [5, 5.41) is 4.41. The first kappa shape index (κ1) is 17.5. The average Bonchev–Trinajstić information content (AvgIpc) is 3.12. The SMILES string of the molecule is CN(C)c1cc(C(=O)N2CCNCC2c2nccn2C)nc2ccccc12. The largest absolute Gasteiger partial charge is 0.377 e. The normalized spacial score (nSPS) is 17.3. The highest BCUT2D eigenvalue weighted by Gasteiger charge is 2.32. The molecule has 1 aliphatic heterocycles. The average molecular weight is 364 g/mol. The molecular formula is C20H24N6O. The number of aryl methyl sites for hydroxylation is 1. The third kappa shape index (κ3) is 3.14. The van der Waals surface area contributed by atoms with Crippen LogP contribution >= 0.6 is 0 Å². The Hall–Kier alpha value is -2.93. The van der Waals surface area contributed by atoms with Crippen LogP contribution in [-0.4, -0.2) is 59.1 Å². The van der Waals surface area contributed by atoms with Gasteiger partial charge in [0, 0.05) is 64.2 Å². The second-order valence-electron chi connectivity index (χ2n) is 7.05. The van der Waals surface area contributed by atoms with E-state index in [9.17, 15) is 4.79 Å². The monoisotopic (exact) mass is 364 g/mol. The molecule has 3 heterocycles. The van der Waals surface area contributed by atoms with Gasteiger partial charge in [-0.05, 0) is 12.1 Å². The lowest BCUT2D eigenvalue weighted by atomic mass is 10.1. The first-order valence-corrected chi connectivity index (χ1v) is 9.12. The molecule has 7 nitrogen and oxygen atoms in total. The molecule has 1 aromatic carbocycles. The Morgan fingerprint density at radius 3 is 2.85 bits per heavy atom. The van der Waals surface area contributed by atoms with Crippen LogP contribution in [-0.2, 0) is 7.05 Å². The molecule has 0 saturated carbocycles. The fourth-order valence-corrected chi connectivity index (χ4v) is 3.66. The second-order valence-corrected chi connectivity index (χ2v) is 7.05. The van der Waals surface area contributed by atoms with Crippen molar-refractivity contribution in [2.75, 3.05) is 38.6 Å². The summed E-state index contributed by atoms with van der Waals surface area (Å²) in [4.78, 5) is 26.5. The number of imidazole rings is 1. The van der Waals surface area contributed by atoms with Crippen LogP contribution in [0.3, 0.4) is 0 Å². The molecule has 4 rings (SSSR count). The Balaban J connectivity index is 1.76. The molecule has 1 saturated heterocycles. The van der Waals surface area contributed by atoms with E-state index in [1.54, 1.807) is 6.20 Å². The van der Waals surface area contributed by atoms with E-state index in [2.05, 4.69) is 15.3 Å². The lowest BCUT2D eigenvalue weighted by molar-refractivity contribution is 0.0615. The van der Waals surface area contributed by atoms with Gasteiger partial charge in [-0.1, -0.05) is 18.2 Å². The van der Waals surface area contributed by atoms with Gasteiger partial charge in [0.15, 0.2) is 0 Å². The van der Waals surface area contributed by atoms with Crippen LogP contribution in [0.4, 0.5) is 5.69 Å². The molecule has 1 unspecified atom stereocenters. The number of hydrogen-bond donors (Lipinski definition) is 1. The Labute approximate surface area is 158 Å². The Morgan fingerprint density at radius 2 is 2.11 bits per heavy atom. The topological polar surface area (TPSA) is 66.3 Å². The summed E-state index contributed by atoms with van der Waals surface area (Å²) in [6.07, 6.45) is 3.68. The van der Waals surface area contributed by atoms with E-state index in [0.717, 1.165) is 29.0 Å². The van der Waals surface area contributed by atoms with E-state index in [1.807, 2.05) is 72.0 Å². The van der Waals surface area contributed by atoms with Crippen molar-refractivity contribution >= 4 is 22.5 Å². The van der Waals surface area contributed by atoms with E-state index >= 15 is 0 Å². The molecule has 3 aromatic rings. The number of pyridine rings is 1. The smallest absolute Gasteiger partial charge is 0.273 e. The summed E-state index contributed by atoms with van der Waals surface area (Å²) < 4.78 is 1.97. The lowest BCUT2D eigenvalue weighted by Crippen LogP contribution is -2.49. The number of hydrogen-bond acceptors (Lipinski definition) is 5. The number of nitrogens with one attached hydrogen (secondary N) is 1. The minimum atomic E-state index is -0.109. The maximum absolute atomic E-state index is 13.4. The predicted molar refractivity (Wildman–Crippen MR) is 106 cm³/mol. The van der Waals surface area contributed by atoms with Crippen molar-refractivity contribution in [2.45, 2.75) is 6.04 Å². The van der Waals surface area contributed by atoms with Gasteiger partial charge in [0.1, 0.15) is 17.6 Å². The van der Waals surface area contributed by atoms with Crippen molar-refractivity contribution in [3.8, 4) is 0 Å². The van der Waals surface area contributed by atoms with E-state index in [1.165, 1.54) is 0 Å². The van der Waals surface area contributed by atoms with E-state index in [4.69, 9.17) is 0 Å². The van der Waals surface area contributed by atoms with Gasteiger partial charge in [0.2, 0.25) is 0 Å². The molecule has 27 heavy (non-hydrogen) atoms. The summed E-state index contributed by atoms with van der Waals surface area (Å²) in [7, 11) is 5.92. The molecule has 2 aromatic heterocycles. The van der Waals surface area contributed by atoms with Crippen molar-refractivity contribution in [2.24, 2.45) is 7.05 Å². The van der Waals surface area contributed by atoms with Crippen LogP contribution in [0.15, 0.2) is 42.7 Å². The number of fused-ring (bicyclic) bond motifs is 1. The first-order valence-electron chi connectivity index (χ1n) is 9.12. The van der Waals surface area contributed by atoms with Gasteiger partial charge in [-0.15, -0.1) is 0 Å². The fraction of sp³-hybridized carbons (Fsp3) is 0.350. The number of rotatable bonds is 3. The molecule has 7 heteroatoms. The van der Waals surface area contributed by atoms with Gasteiger partial charge in [0.25, 0.3) is 5.91 Å². The highest BCUT2D eigenvalue weighted by Crippen LogP contribution is 2.28. The van der Waals surface area contributed by atoms with Crippen LogP contribution in [0.1, 0.15) is 22.4 Å². The van der Waals surface area contributed by atoms with Crippen molar-refractivity contribution in [1.82, 2.24) is 24.8 Å². The number of piperazine rings is 1. The van der Waals surface area contributed by atoms with Gasteiger partial charge in [-0.3, -0.25) is 4.79 Å². The highest BCUT2D eigenvalue weighted by molar-refractivity contribution is 6.00. The van der Waals surface area contributed by atoms with Gasteiger partial charge in [-0.2, -0.15) is 0 Å². The maximum atomic E-state index is 13.4. The predicted octanol–water partition coefficient (Wildman–Crippen LogP) is 1.82. The minimum absolute atomic E-state index is 0.0571. The van der Waals surface area contributed by atoms with Crippen LogP contribution in [0, 0.1) is 0 Å². The van der Waals surface area contributed by atoms with Gasteiger partial charge in [-0.25, -0.2) is 9.97 Å². The summed E-state index contributed by atoms with van der Waals surface area (Å²) in [5.74, 6) is 0.822. The summed E-state index contributed by atoms with van der Waals surface area (Å²) >= 11 is 0. The molecule has 0 radical (unpaired) electrons. The molecule has 1 aliphatic rings. The fourth-order valence-electron chi connectivity index (χ4n) is 3.66. The summed E-state index contributed by atoms with van der Waals surface area (Å²) in [6, 6.07) is 9.71. The molecule has 0 spiro atoms. The molecule has 1 N–H and O–H groups in total. The number of carbonyl (C=O) groups is 1.